The van der Waals surface area contributed by atoms with Gasteiger partial charge in [0.25, 0.3) is 5.56 Å². The molecule has 1 heterocycles. The van der Waals surface area contributed by atoms with Crippen molar-refractivity contribution in [2.75, 3.05) is 18.9 Å². The van der Waals surface area contributed by atoms with E-state index in [1.54, 1.807) is 36.4 Å². The summed E-state index contributed by atoms with van der Waals surface area (Å²) in [6.07, 6.45) is 0. The van der Waals surface area contributed by atoms with E-state index in [-0.39, 0.29) is 12.4 Å². The van der Waals surface area contributed by atoms with Gasteiger partial charge in [0, 0.05) is 12.4 Å². The van der Waals surface area contributed by atoms with Crippen LogP contribution in [0.4, 0.5) is 5.82 Å². The quantitative estimate of drug-likeness (QED) is 0.307. The molecular formula is C26H23N3O6. The second kappa shape index (κ2) is 10.1. The van der Waals surface area contributed by atoms with Gasteiger partial charge in [-0.15, -0.1) is 0 Å². The van der Waals surface area contributed by atoms with Gasteiger partial charge in [0.05, 0.1) is 6.54 Å². The third-order valence-electron chi connectivity index (χ3n) is 5.51. The van der Waals surface area contributed by atoms with Crippen LogP contribution in [0.25, 0.3) is 10.8 Å². The van der Waals surface area contributed by atoms with Crippen LogP contribution in [0.3, 0.4) is 0 Å². The molecule has 0 saturated heterocycles. The lowest BCUT2D eigenvalue weighted by Crippen LogP contribution is -2.43. The molecule has 0 amide bonds. The summed E-state index contributed by atoms with van der Waals surface area (Å²) in [5, 5.41) is 1.78. The Morgan fingerprint density at radius 2 is 1.57 bits per heavy atom. The average Bonchev–Trinajstić information content (AvgIpc) is 2.88. The van der Waals surface area contributed by atoms with Crippen LogP contribution in [0.5, 0.6) is 5.75 Å². The first kappa shape index (κ1) is 23.5. The SMILES string of the molecule is Cn1c(=O)c(C(=O)COC(=O)COc2cccc3ccccc23)c(N)n(Cc2ccccc2)c1=O. The number of rotatable bonds is 8. The highest BCUT2D eigenvalue weighted by Gasteiger charge is 2.23. The van der Waals surface area contributed by atoms with Crippen molar-refractivity contribution in [3.05, 3.63) is 105 Å². The van der Waals surface area contributed by atoms with Crippen LogP contribution in [0.2, 0.25) is 0 Å². The molecular weight excluding hydrogens is 450 g/mol. The molecule has 0 aliphatic heterocycles. The predicted octanol–water partition coefficient (Wildman–Crippen LogP) is 2.14. The Balaban J connectivity index is 1.47. The normalized spacial score (nSPS) is 10.8. The van der Waals surface area contributed by atoms with Gasteiger partial charge in [-0.1, -0.05) is 66.7 Å². The van der Waals surface area contributed by atoms with Crippen molar-refractivity contribution in [2.45, 2.75) is 6.54 Å². The number of nitrogens with zero attached hydrogens (tertiary/aromatic N) is 2. The van der Waals surface area contributed by atoms with E-state index in [2.05, 4.69) is 0 Å². The first-order valence-electron chi connectivity index (χ1n) is 10.8. The van der Waals surface area contributed by atoms with Gasteiger partial charge in [-0.2, -0.15) is 0 Å². The van der Waals surface area contributed by atoms with Gasteiger partial charge >= 0.3 is 11.7 Å². The van der Waals surface area contributed by atoms with Crippen LogP contribution >= 0.6 is 0 Å². The minimum atomic E-state index is -0.857. The van der Waals surface area contributed by atoms with E-state index in [9.17, 15) is 19.2 Å². The van der Waals surface area contributed by atoms with Crippen molar-refractivity contribution in [2.24, 2.45) is 7.05 Å². The van der Waals surface area contributed by atoms with Crippen LogP contribution < -0.4 is 21.7 Å². The number of benzene rings is 3. The summed E-state index contributed by atoms with van der Waals surface area (Å²) in [5.74, 6) is -1.39. The zero-order valence-electron chi connectivity index (χ0n) is 19.0. The molecule has 0 spiro atoms. The first-order valence-corrected chi connectivity index (χ1v) is 10.8. The van der Waals surface area contributed by atoms with Crippen LogP contribution in [0, 0.1) is 0 Å². The summed E-state index contributed by atoms with van der Waals surface area (Å²) < 4.78 is 12.5. The Hall–Kier alpha value is -4.66. The van der Waals surface area contributed by atoms with Crippen molar-refractivity contribution in [1.29, 1.82) is 0 Å². The van der Waals surface area contributed by atoms with Crippen LogP contribution in [0.15, 0.2) is 82.4 Å². The average molecular weight is 473 g/mol. The van der Waals surface area contributed by atoms with Gasteiger partial charge in [0.15, 0.2) is 13.2 Å². The van der Waals surface area contributed by atoms with E-state index in [4.69, 9.17) is 15.2 Å². The zero-order chi connectivity index (χ0) is 24.9. The number of nitrogens with two attached hydrogens (primary N) is 1. The lowest BCUT2D eigenvalue weighted by Gasteiger charge is -2.15. The number of aromatic nitrogens is 2. The molecule has 9 heteroatoms. The maximum atomic E-state index is 12.8. The third kappa shape index (κ3) is 4.98. The van der Waals surface area contributed by atoms with Gasteiger partial charge in [0.2, 0.25) is 5.78 Å². The maximum absolute atomic E-state index is 12.8. The Morgan fingerprint density at radius 1 is 0.886 bits per heavy atom. The lowest BCUT2D eigenvalue weighted by molar-refractivity contribution is -0.144. The molecule has 0 saturated carbocycles. The molecule has 0 aliphatic carbocycles. The molecule has 9 nitrogen and oxygen atoms in total. The van der Waals surface area contributed by atoms with Gasteiger partial charge in [-0.3, -0.25) is 18.7 Å². The van der Waals surface area contributed by atoms with Crippen molar-refractivity contribution >= 4 is 28.3 Å². The van der Waals surface area contributed by atoms with Gasteiger partial charge in [-0.25, -0.2) is 9.59 Å². The topological polar surface area (TPSA) is 123 Å². The van der Waals surface area contributed by atoms with E-state index < -0.39 is 41.8 Å². The number of hydrogen-bond acceptors (Lipinski definition) is 7. The zero-order valence-corrected chi connectivity index (χ0v) is 19.0. The fraction of sp³-hybridized carbons (Fsp3) is 0.154. The molecule has 0 atom stereocenters. The summed E-state index contributed by atoms with van der Waals surface area (Å²) in [6, 6.07) is 22.0. The summed E-state index contributed by atoms with van der Waals surface area (Å²) in [6.45, 7) is -1.08. The summed E-state index contributed by atoms with van der Waals surface area (Å²) in [7, 11) is 1.26. The Morgan fingerprint density at radius 3 is 2.34 bits per heavy atom. The molecule has 0 unspecified atom stereocenters. The Kier molecular flexibility index (Phi) is 6.77. The van der Waals surface area contributed by atoms with Crippen molar-refractivity contribution in [3.63, 3.8) is 0 Å². The van der Waals surface area contributed by atoms with Crippen LogP contribution in [-0.2, 0) is 23.1 Å². The molecule has 0 bridgehead atoms. The molecule has 0 aliphatic rings. The van der Waals surface area contributed by atoms with E-state index in [0.717, 1.165) is 25.5 Å². The second-order valence-electron chi connectivity index (χ2n) is 7.83. The number of anilines is 1. The van der Waals surface area contributed by atoms with Gasteiger partial charge in [0.1, 0.15) is 17.1 Å². The minimum Gasteiger partial charge on any atom is -0.481 e. The highest BCUT2D eigenvalue weighted by atomic mass is 16.6. The highest BCUT2D eigenvalue weighted by molar-refractivity contribution is 6.01. The summed E-state index contributed by atoms with van der Waals surface area (Å²) >= 11 is 0. The second-order valence-corrected chi connectivity index (χ2v) is 7.83. The molecule has 0 fully saturated rings. The number of hydrogen-bond donors (Lipinski definition) is 1. The predicted molar refractivity (Wildman–Crippen MR) is 131 cm³/mol. The maximum Gasteiger partial charge on any atom is 0.344 e. The number of fused-ring (bicyclic) bond motifs is 1. The van der Waals surface area contributed by atoms with Gasteiger partial charge < -0.3 is 15.2 Å². The standard InChI is InChI=1S/C26H23N3O6/c1-28-25(32)23(24(27)29(26(28)33)14-17-8-3-2-4-9-17)20(30)15-35-22(31)16-34-21-13-7-11-18-10-5-6-12-19(18)21/h2-13H,14-16,27H2,1H3. The third-order valence-corrected chi connectivity index (χ3v) is 5.51. The Bertz CT molecular complexity index is 1520. The number of nitrogen functional groups attached to an aromatic ring is 1. The highest BCUT2D eigenvalue weighted by Crippen LogP contribution is 2.25. The molecule has 178 valence electrons. The molecule has 0 radical (unpaired) electrons. The number of carbonyl (C=O) groups excluding carboxylic acids is 2. The van der Waals surface area contributed by atoms with E-state index in [1.165, 1.54) is 7.05 Å². The Labute approximate surface area is 199 Å². The van der Waals surface area contributed by atoms with E-state index >= 15 is 0 Å². The number of ketones is 1. The largest absolute Gasteiger partial charge is 0.481 e. The fourth-order valence-corrected chi connectivity index (χ4v) is 3.68. The van der Waals surface area contributed by atoms with Crippen LogP contribution in [-0.4, -0.2) is 34.1 Å². The number of ether oxygens (including phenoxy) is 2. The molecule has 35 heavy (non-hydrogen) atoms. The number of Topliss-reactive ketones (excluding diaryl/α,β-unsaturated/α-hetero) is 1. The van der Waals surface area contributed by atoms with Crippen molar-refractivity contribution in [1.82, 2.24) is 9.13 Å². The van der Waals surface area contributed by atoms with Crippen LogP contribution in [0.1, 0.15) is 15.9 Å². The monoisotopic (exact) mass is 473 g/mol. The van der Waals surface area contributed by atoms with Crippen molar-refractivity contribution < 1.29 is 19.1 Å². The van der Waals surface area contributed by atoms with E-state index in [1.807, 2.05) is 36.4 Å². The van der Waals surface area contributed by atoms with E-state index in [0.29, 0.717) is 5.75 Å². The molecule has 4 rings (SSSR count). The number of esters is 1. The summed E-state index contributed by atoms with van der Waals surface area (Å²) in [5.41, 5.74) is 4.89. The van der Waals surface area contributed by atoms with Crippen molar-refractivity contribution in [3.8, 4) is 5.75 Å². The molecule has 4 aromatic rings. The lowest BCUT2D eigenvalue weighted by atomic mass is 10.1. The molecule has 3 aromatic carbocycles. The fourth-order valence-electron chi connectivity index (χ4n) is 3.68. The summed E-state index contributed by atoms with van der Waals surface area (Å²) in [4.78, 5) is 50.2. The van der Waals surface area contributed by atoms with Gasteiger partial charge in [-0.05, 0) is 17.0 Å². The first-order chi connectivity index (χ1) is 16.9. The smallest absolute Gasteiger partial charge is 0.344 e. The molecule has 2 N–H and O–H groups in total. The number of carbonyl (C=O) groups is 2. The minimum absolute atomic E-state index is 0.0680. The molecule has 1 aromatic heterocycles.